The SMILES string of the molecule is CC1(C)c2ccccc2-c2ccc(N(c3cccc(-c4ccccc4)c3)c3ccc4c(c3)c3cc5c(ccc6oc7ccccc7c65)cc3n4-c3ccccc3)cc21. The Morgan fingerprint density at radius 3 is 2.00 bits per heavy atom. The lowest BCUT2D eigenvalue weighted by Crippen LogP contribution is -2.16. The van der Waals surface area contributed by atoms with Gasteiger partial charge in [-0.15, -0.1) is 0 Å². The molecular weight excluding hydrogens is 705 g/mol. The minimum atomic E-state index is -0.129. The Morgan fingerprint density at radius 2 is 1.12 bits per heavy atom. The molecule has 0 bridgehead atoms. The molecule has 0 unspecified atom stereocenters. The van der Waals surface area contributed by atoms with Crippen molar-refractivity contribution in [2.75, 3.05) is 4.90 Å². The van der Waals surface area contributed by atoms with Gasteiger partial charge in [0.05, 0.1) is 11.0 Å². The molecule has 0 N–H and O–H groups in total. The second-order valence-electron chi connectivity index (χ2n) is 16.2. The maximum Gasteiger partial charge on any atom is 0.136 e. The molecule has 1 aliphatic rings. The lowest BCUT2D eigenvalue weighted by molar-refractivity contribution is 0.660. The van der Waals surface area contributed by atoms with Crippen LogP contribution in [0.2, 0.25) is 0 Å². The first kappa shape index (κ1) is 32.8. The first-order chi connectivity index (χ1) is 28.5. The molecule has 0 saturated carbocycles. The van der Waals surface area contributed by atoms with Gasteiger partial charge < -0.3 is 13.9 Å². The zero-order chi connectivity index (χ0) is 38.5. The topological polar surface area (TPSA) is 21.3 Å². The molecule has 58 heavy (non-hydrogen) atoms. The summed E-state index contributed by atoms with van der Waals surface area (Å²) in [6.07, 6.45) is 0. The molecule has 274 valence electrons. The summed E-state index contributed by atoms with van der Waals surface area (Å²) in [7, 11) is 0. The fourth-order valence-corrected chi connectivity index (χ4v) is 9.78. The van der Waals surface area contributed by atoms with Crippen LogP contribution in [-0.2, 0) is 5.41 Å². The van der Waals surface area contributed by atoms with Crippen LogP contribution >= 0.6 is 0 Å². The van der Waals surface area contributed by atoms with Crippen LogP contribution in [0, 0.1) is 0 Å². The van der Waals surface area contributed by atoms with E-state index in [1.807, 2.05) is 6.07 Å². The molecule has 3 nitrogen and oxygen atoms in total. The van der Waals surface area contributed by atoms with Gasteiger partial charge in [0.25, 0.3) is 0 Å². The number of nitrogens with zero attached hydrogens (tertiary/aromatic N) is 2. The number of hydrogen-bond donors (Lipinski definition) is 0. The Labute approximate surface area is 336 Å². The van der Waals surface area contributed by atoms with E-state index in [9.17, 15) is 0 Å². The predicted molar refractivity (Wildman–Crippen MR) is 243 cm³/mol. The summed E-state index contributed by atoms with van der Waals surface area (Å²) >= 11 is 0. The Kier molecular flexibility index (Phi) is 6.98. The molecule has 9 aromatic carbocycles. The molecule has 11 aromatic rings. The first-order valence-electron chi connectivity index (χ1n) is 20.1. The van der Waals surface area contributed by atoms with Crippen LogP contribution in [0.15, 0.2) is 199 Å². The van der Waals surface area contributed by atoms with Gasteiger partial charge in [-0.2, -0.15) is 0 Å². The van der Waals surface area contributed by atoms with Gasteiger partial charge in [0.15, 0.2) is 0 Å². The third-order valence-electron chi connectivity index (χ3n) is 12.5. The van der Waals surface area contributed by atoms with E-state index in [1.165, 1.54) is 60.4 Å². The summed E-state index contributed by atoms with van der Waals surface area (Å²) in [5.41, 5.74) is 16.3. The van der Waals surface area contributed by atoms with Crippen molar-refractivity contribution in [1.82, 2.24) is 4.57 Å². The molecule has 2 heterocycles. The maximum atomic E-state index is 6.38. The Hall–Kier alpha value is -7.36. The molecule has 0 spiro atoms. The summed E-state index contributed by atoms with van der Waals surface area (Å²) in [4.78, 5) is 2.44. The van der Waals surface area contributed by atoms with Gasteiger partial charge in [-0.1, -0.05) is 129 Å². The molecule has 0 aliphatic heterocycles. The average molecular weight is 743 g/mol. The number of fused-ring (bicyclic) bond motifs is 11. The van der Waals surface area contributed by atoms with Gasteiger partial charge in [-0.3, -0.25) is 0 Å². The van der Waals surface area contributed by atoms with E-state index in [0.717, 1.165) is 50.2 Å². The van der Waals surface area contributed by atoms with E-state index >= 15 is 0 Å². The van der Waals surface area contributed by atoms with Gasteiger partial charge in [-0.05, 0) is 123 Å². The third kappa shape index (κ3) is 4.80. The number of para-hydroxylation sites is 2. The lowest BCUT2D eigenvalue weighted by Gasteiger charge is -2.28. The highest BCUT2D eigenvalue weighted by atomic mass is 16.3. The average Bonchev–Trinajstić information content (AvgIpc) is 3.89. The summed E-state index contributed by atoms with van der Waals surface area (Å²) < 4.78 is 8.80. The van der Waals surface area contributed by atoms with E-state index in [4.69, 9.17) is 4.42 Å². The number of rotatable bonds is 5. The monoisotopic (exact) mass is 742 g/mol. The first-order valence-corrected chi connectivity index (χ1v) is 20.1. The maximum absolute atomic E-state index is 6.38. The molecular formula is C55H38N2O. The van der Waals surface area contributed by atoms with Gasteiger partial charge in [0, 0.05) is 49.7 Å². The van der Waals surface area contributed by atoms with E-state index in [1.54, 1.807) is 0 Å². The van der Waals surface area contributed by atoms with Crippen molar-refractivity contribution in [3.63, 3.8) is 0 Å². The van der Waals surface area contributed by atoms with Gasteiger partial charge in [-0.25, -0.2) is 0 Å². The van der Waals surface area contributed by atoms with Crippen molar-refractivity contribution < 1.29 is 4.42 Å². The standard InChI is InChI=1S/C55H38N2O/c1-55(2)48-22-11-9-20-42(48)43-27-25-41(33-49(43)55)56(39-19-13-16-36(30-39)35-14-5-3-6-15-35)40-26-28-50-46(32-40)47-34-45-37(31-51(47)57(50)38-17-7-4-8-18-38)24-29-53-54(45)44-21-10-12-23-52(44)58-53/h3-34H,1-2H3. The minimum absolute atomic E-state index is 0.129. The largest absolute Gasteiger partial charge is 0.456 e. The summed E-state index contributed by atoms with van der Waals surface area (Å²) in [5, 5.41) is 7.08. The zero-order valence-electron chi connectivity index (χ0n) is 32.3. The van der Waals surface area contributed by atoms with Crippen molar-refractivity contribution >= 4 is 71.6 Å². The quantitative estimate of drug-likeness (QED) is 0.175. The summed E-state index contributed by atoms with van der Waals surface area (Å²) in [6, 6.07) is 70.8. The second kappa shape index (κ2) is 12.3. The normalized spacial score (nSPS) is 13.1. The highest BCUT2D eigenvalue weighted by Gasteiger charge is 2.36. The smallest absolute Gasteiger partial charge is 0.136 e. The van der Waals surface area contributed by atoms with Crippen LogP contribution < -0.4 is 4.90 Å². The van der Waals surface area contributed by atoms with E-state index < -0.39 is 0 Å². The second-order valence-corrected chi connectivity index (χ2v) is 16.2. The molecule has 2 aromatic heterocycles. The Morgan fingerprint density at radius 1 is 0.431 bits per heavy atom. The van der Waals surface area contributed by atoms with E-state index in [-0.39, 0.29) is 5.41 Å². The van der Waals surface area contributed by atoms with Crippen LogP contribution in [0.25, 0.3) is 82.5 Å². The fourth-order valence-electron chi connectivity index (χ4n) is 9.78. The Balaban J connectivity index is 1.13. The predicted octanol–water partition coefficient (Wildman–Crippen LogP) is 15.3. The number of anilines is 3. The van der Waals surface area contributed by atoms with Crippen LogP contribution in [0.5, 0.6) is 0 Å². The van der Waals surface area contributed by atoms with E-state index in [2.05, 4.69) is 211 Å². The van der Waals surface area contributed by atoms with Crippen LogP contribution in [-0.4, -0.2) is 4.57 Å². The van der Waals surface area contributed by atoms with Gasteiger partial charge in [0.2, 0.25) is 0 Å². The molecule has 12 rings (SSSR count). The molecule has 0 radical (unpaired) electrons. The van der Waals surface area contributed by atoms with Crippen molar-refractivity contribution in [2.24, 2.45) is 0 Å². The summed E-state index contributed by atoms with van der Waals surface area (Å²) in [5.74, 6) is 0. The number of hydrogen-bond acceptors (Lipinski definition) is 2. The van der Waals surface area contributed by atoms with Gasteiger partial charge >= 0.3 is 0 Å². The van der Waals surface area contributed by atoms with E-state index in [0.29, 0.717) is 0 Å². The zero-order valence-corrected chi connectivity index (χ0v) is 32.3. The van der Waals surface area contributed by atoms with Crippen LogP contribution in [0.3, 0.4) is 0 Å². The fraction of sp³-hybridized carbons (Fsp3) is 0.0545. The highest BCUT2D eigenvalue weighted by Crippen LogP contribution is 2.51. The van der Waals surface area contributed by atoms with Crippen molar-refractivity contribution in [3.8, 4) is 27.9 Å². The molecule has 0 fully saturated rings. The highest BCUT2D eigenvalue weighted by molar-refractivity contribution is 6.23. The number of benzene rings is 9. The molecule has 0 amide bonds. The molecule has 3 heteroatoms. The number of furan rings is 1. The number of aromatic nitrogens is 1. The molecule has 0 saturated heterocycles. The van der Waals surface area contributed by atoms with Crippen LogP contribution in [0.4, 0.5) is 17.1 Å². The van der Waals surface area contributed by atoms with Crippen molar-refractivity contribution in [1.29, 1.82) is 0 Å². The minimum Gasteiger partial charge on any atom is -0.456 e. The van der Waals surface area contributed by atoms with Gasteiger partial charge in [0.1, 0.15) is 11.2 Å². The van der Waals surface area contributed by atoms with Crippen molar-refractivity contribution in [2.45, 2.75) is 19.3 Å². The molecule has 1 aliphatic carbocycles. The Bertz CT molecular complexity index is 3430. The van der Waals surface area contributed by atoms with Crippen LogP contribution in [0.1, 0.15) is 25.0 Å². The molecule has 0 atom stereocenters. The summed E-state index contributed by atoms with van der Waals surface area (Å²) in [6.45, 7) is 4.72. The van der Waals surface area contributed by atoms with Crippen molar-refractivity contribution in [3.05, 3.63) is 205 Å². The third-order valence-corrected chi connectivity index (χ3v) is 12.5. The lowest BCUT2D eigenvalue weighted by atomic mass is 9.82.